The van der Waals surface area contributed by atoms with Gasteiger partial charge in [0.1, 0.15) is 6.04 Å². The molecule has 4 rings (SSSR count). The summed E-state index contributed by atoms with van der Waals surface area (Å²) in [4.78, 5) is 33.1. The van der Waals surface area contributed by atoms with E-state index in [-0.39, 0.29) is 17.9 Å². The number of anilines is 1. The maximum absolute atomic E-state index is 13.3. The van der Waals surface area contributed by atoms with Gasteiger partial charge in [-0.25, -0.2) is 4.85 Å². The molecule has 1 unspecified atom stereocenters. The third-order valence-corrected chi connectivity index (χ3v) is 7.61. The number of piperidine rings is 1. The maximum Gasteiger partial charge on any atom is 0.254 e. The van der Waals surface area contributed by atoms with Crippen LogP contribution in [0.15, 0.2) is 18.2 Å². The highest BCUT2D eigenvalue weighted by Gasteiger charge is 2.42. The molecule has 1 aliphatic carbocycles. The van der Waals surface area contributed by atoms with Crippen molar-refractivity contribution < 1.29 is 9.59 Å². The van der Waals surface area contributed by atoms with Crippen molar-refractivity contribution in [2.45, 2.75) is 77.4 Å². The Kier molecular flexibility index (Phi) is 6.34. The molecule has 0 aromatic heterocycles. The first-order chi connectivity index (χ1) is 14.9. The first kappa shape index (κ1) is 21.8. The number of likely N-dealkylation sites (tertiary alicyclic amines) is 1. The Hall–Kier alpha value is -2.39. The van der Waals surface area contributed by atoms with Gasteiger partial charge >= 0.3 is 0 Å². The molecule has 3 aliphatic rings. The van der Waals surface area contributed by atoms with Gasteiger partial charge in [-0.05, 0) is 68.1 Å². The second-order valence-electron chi connectivity index (χ2n) is 9.78. The number of hydrogen-bond acceptors (Lipinski definition) is 3. The fourth-order valence-corrected chi connectivity index (χ4v) is 5.81. The summed E-state index contributed by atoms with van der Waals surface area (Å²) in [5.74, 6) is 1.36. The number of rotatable bonds is 4. The van der Waals surface area contributed by atoms with E-state index < -0.39 is 6.04 Å². The van der Waals surface area contributed by atoms with E-state index in [0.29, 0.717) is 11.7 Å². The van der Waals surface area contributed by atoms with Crippen LogP contribution in [0, 0.1) is 18.4 Å². The van der Waals surface area contributed by atoms with E-state index in [9.17, 15) is 9.59 Å². The van der Waals surface area contributed by atoms with Gasteiger partial charge < -0.3 is 15.1 Å². The highest BCUT2D eigenvalue weighted by molar-refractivity contribution is 6.07. The monoisotopic (exact) mass is 422 g/mol. The zero-order valence-electron chi connectivity index (χ0n) is 18.9. The Morgan fingerprint density at radius 3 is 2.35 bits per heavy atom. The van der Waals surface area contributed by atoms with E-state index in [1.807, 2.05) is 11.0 Å². The van der Waals surface area contributed by atoms with Crippen molar-refractivity contribution in [1.82, 2.24) is 10.2 Å². The predicted molar refractivity (Wildman–Crippen MR) is 122 cm³/mol. The summed E-state index contributed by atoms with van der Waals surface area (Å²) < 4.78 is 0. The van der Waals surface area contributed by atoms with Gasteiger partial charge in [-0.1, -0.05) is 19.9 Å². The molecular formula is C25H34N4O2. The van der Waals surface area contributed by atoms with Crippen LogP contribution in [0.1, 0.15) is 70.9 Å². The third-order valence-electron chi connectivity index (χ3n) is 7.61. The van der Waals surface area contributed by atoms with E-state index in [0.717, 1.165) is 49.0 Å². The summed E-state index contributed by atoms with van der Waals surface area (Å²) in [7, 11) is 0. The molecule has 6 heteroatoms. The van der Waals surface area contributed by atoms with E-state index in [2.05, 4.69) is 28.9 Å². The van der Waals surface area contributed by atoms with E-state index in [1.165, 1.54) is 32.6 Å². The van der Waals surface area contributed by atoms with Gasteiger partial charge in [0, 0.05) is 37.8 Å². The zero-order valence-corrected chi connectivity index (χ0v) is 18.9. The fourth-order valence-electron chi connectivity index (χ4n) is 5.81. The number of fused-ring (bicyclic) bond motifs is 1. The topological polar surface area (TPSA) is 57.0 Å². The molecular weight excluding hydrogens is 388 g/mol. The first-order valence-corrected chi connectivity index (χ1v) is 11.7. The highest BCUT2D eigenvalue weighted by atomic mass is 16.2. The summed E-state index contributed by atoms with van der Waals surface area (Å²) in [6.07, 6.45) is 7.16. The van der Waals surface area contributed by atoms with Crippen LogP contribution < -0.4 is 10.2 Å². The molecule has 31 heavy (non-hydrogen) atoms. The summed E-state index contributed by atoms with van der Waals surface area (Å²) in [5, 5.41) is 2.80. The minimum absolute atomic E-state index is 0.0665. The van der Waals surface area contributed by atoms with Crippen molar-refractivity contribution in [1.29, 1.82) is 0 Å². The highest BCUT2D eigenvalue weighted by Crippen LogP contribution is 2.41. The second-order valence-corrected chi connectivity index (χ2v) is 9.78. The van der Waals surface area contributed by atoms with Gasteiger partial charge in [0.25, 0.3) is 5.91 Å². The van der Waals surface area contributed by atoms with Gasteiger partial charge in [-0.2, -0.15) is 0 Å². The molecule has 6 nitrogen and oxygen atoms in total. The Balaban J connectivity index is 1.44. The SMILES string of the molecule is [C-]#[N+]c1ccc2c(c1)C(NC(C)=O)C(=O)N2C1CCN(C2CCC(C(C)C)CC2)CC1. The number of carbonyl (C=O) groups is 2. The molecule has 2 heterocycles. The van der Waals surface area contributed by atoms with Crippen molar-refractivity contribution >= 4 is 23.2 Å². The second kappa shape index (κ2) is 9.00. The molecule has 2 fully saturated rings. The van der Waals surface area contributed by atoms with Gasteiger partial charge in [0.15, 0.2) is 5.69 Å². The third kappa shape index (κ3) is 4.34. The molecule has 1 aromatic rings. The van der Waals surface area contributed by atoms with Crippen molar-refractivity contribution in [2.24, 2.45) is 11.8 Å². The molecule has 1 saturated carbocycles. The van der Waals surface area contributed by atoms with Crippen LogP contribution in [0.25, 0.3) is 4.85 Å². The van der Waals surface area contributed by atoms with Gasteiger partial charge in [0.05, 0.1) is 6.57 Å². The Morgan fingerprint density at radius 1 is 1.10 bits per heavy atom. The van der Waals surface area contributed by atoms with Crippen LogP contribution in [0.2, 0.25) is 0 Å². The number of hydrogen-bond donors (Lipinski definition) is 1. The first-order valence-electron chi connectivity index (χ1n) is 11.7. The number of nitrogens with zero attached hydrogens (tertiary/aromatic N) is 3. The molecule has 1 atom stereocenters. The van der Waals surface area contributed by atoms with Crippen LogP contribution >= 0.6 is 0 Å². The largest absolute Gasteiger partial charge is 0.341 e. The van der Waals surface area contributed by atoms with E-state index in [4.69, 9.17) is 6.57 Å². The average Bonchev–Trinajstić information content (AvgIpc) is 3.04. The van der Waals surface area contributed by atoms with Crippen molar-refractivity contribution in [3.05, 3.63) is 35.2 Å². The lowest BCUT2D eigenvalue weighted by Gasteiger charge is -2.43. The van der Waals surface area contributed by atoms with Crippen LogP contribution in [0.3, 0.4) is 0 Å². The van der Waals surface area contributed by atoms with Crippen molar-refractivity contribution in [2.75, 3.05) is 18.0 Å². The van der Waals surface area contributed by atoms with Crippen molar-refractivity contribution in [3.63, 3.8) is 0 Å². The molecule has 1 aromatic carbocycles. The molecule has 0 bridgehead atoms. The molecule has 2 aliphatic heterocycles. The van der Waals surface area contributed by atoms with Crippen LogP contribution in [0.5, 0.6) is 0 Å². The minimum Gasteiger partial charge on any atom is -0.341 e. The molecule has 1 saturated heterocycles. The van der Waals surface area contributed by atoms with Gasteiger partial charge in [-0.3, -0.25) is 9.59 Å². The Morgan fingerprint density at radius 2 is 1.77 bits per heavy atom. The summed E-state index contributed by atoms with van der Waals surface area (Å²) >= 11 is 0. The summed E-state index contributed by atoms with van der Waals surface area (Å²) in [5.41, 5.74) is 2.10. The molecule has 0 radical (unpaired) electrons. The normalized spacial score (nSPS) is 27.3. The fraction of sp³-hybridized carbons (Fsp3) is 0.640. The van der Waals surface area contributed by atoms with Crippen LogP contribution in [-0.4, -0.2) is 41.9 Å². The zero-order chi connectivity index (χ0) is 22.1. The van der Waals surface area contributed by atoms with Gasteiger partial charge in [0.2, 0.25) is 5.91 Å². The van der Waals surface area contributed by atoms with Crippen LogP contribution in [-0.2, 0) is 9.59 Å². The molecule has 166 valence electrons. The lowest BCUT2D eigenvalue weighted by Crippen LogP contribution is -2.50. The standard InChI is InChI=1S/C25H34N4O2/c1-16(2)18-5-8-20(9-6-18)28-13-11-21(12-14-28)29-23-10-7-19(26-4)15-22(23)24(25(29)31)27-17(3)30/h7,10,15-16,18,20-21,24H,5-6,8-9,11-14H2,1-3H3,(H,27,30). The quantitative estimate of drug-likeness (QED) is 0.730. The minimum atomic E-state index is -0.682. The number of amides is 2. The predicted octanol–water partition coefficient (Wildman–Crippen LogP) is 4.44. The summed E-state index contributed by atoms with van der Waals surface area (Å²) in [6, 6.07) is 5.55. The lowest BCUT2D eigenvalue weighted by atomic mass is 9.79. The maximum atomic E-state index is 13.3. The van der Waals surface area contributed by atoms with Crippen molar-refractivity contribution in [3.8, 4) is 0 Å². The number of carbonyl (C=O) groups excluding carboxylic acids is 2. The van der Waals surface area contributed by atoms with Gasteiger partial charge in [-0.15, -0.1) is 0 Å². The number of benzene rings is 1. The smallest absolute Gasteiger partial charge is 0.254 e. The summed E-state index contributed by atoms with van der Waals surface area (Å²) in [6.45, 7) is 15.5. The Bertz CT molecular complexity index is 874. The lowest BCUT2D eigenvalue weighted by molar-refractivity contribution is -0.126. The Labute approximate surface area is 185 Å². The molecule has 0 spiro atoms. The van der Waals surface area contributed by atoms with E-state index >= 15 is 0 Å². The average molecular weight is 423 g/mol. The van der Waals surface area contributed by atoms with E-state index in [1.54, 1.807) is 12.1 Å². The number of nitrogens with one attached hydrogen (secondary N) is 1. The van der Waals surface area contributed by atoms with Crippen LogP contribution in [0.4, 0.5) is 11.4 Å². The molecule has 2 amide bonds. The molecule has 1 N–H and O–H groups in total.